The molecular formula is C22H20Br2O3. The molecule has 3 rings (SSSR count). The molecule has 0 aromatic heterocycles. The van der Waals surface area contributed by atoms with Gasteiger partial charge in [-0.05, 0) is 68.9 Å². The van der Waals surface area contributed by atoms with Crippen molar-refractivity contribution in [1.82, 2.24) is 0 Å². The van der Waals surface area contributed by atoms with Gasteiger partial charge in [0.25, 0.3) is 0 Å². The highest BCUT2D eigenvalue weighted by atomic mass is 79.9. The molecule has 1 unspecified atom stereocenters. The van der Waals surface area contributed by atoms with E-state index in [9.17, 15) is 4.79 Å². The Balaban J connectivity index is 1.71. The van der Waals surface area contributed by atoms with E-state index in [0.717, 1.165) is 31.7 Å². The van der Waals surface area contributed by atoms with Crippen LogP contribution < -0.4 is 9.47 Å². The van der Waals surface area contributed by atoms with E-state index >= 15 is 0 Å². The van der Waals surface area contributed by atoms with Gasteiger partial charge in [0.05, 0.1) is 4.47 Å². The summed E-state index contributed by atoms with van der Waals surface area (Å²) in [6.45, 7) is 4.07. The summed E-state index contributed by atoms with van der Waals surface area (Å²) in [7, 11) is 0. The average molecular weight is 492 g/mol. The third-order valence-electron chi connectivity index (χ3n) is 4.51. The van der Waals surface area contributed by atoms with E-state index < -0.39 is 5.97 Å². The molecule has 3 aromatic rings. The molecule has 0 bridgehead atoms. The van der Waals surface area contributed by atoms with E-state index in [1.165, 1.54) is 0 Å². The first-order valence-electron chi connectivity index (χ1n) is 8.79. The Morgan fingerprint density at radius 2 is 1.81 bits per heavy atom. The van der Waals surface area contributed by atoms with Crippen molar-refractivity contribution in [3.8, 4) is 11.5 Å². The highest BCUT2D eigenvalue weighted by molar-refractivity contribution is 9.11. The lowest BCUT2D eigenvalue weighted by molar-refractivity contribution is -0.136. The molecule has 0 aliphatic heterocycles. The van der Waals surface area contributed by atoms with Crippen LogP contribution in [0.25, 0.3) is 10.8 Å². The lowest BCUT2D eigenvalue weighted by atomic mass is 9.98. The number of halogens is 2. The molecule has 3 nitrogen and oxygen atoms in total. The molecule has 0 heterocycles. The van der Waals surface area contributed by atoms with Gasteiger partial charge in [-0.15, -0.1) is 0 Å². The summed E-state index contributed by atoms with van der Waals surface area (Å²) in [5.41, 5.74) is 1.03. The Morgan fingerprint density at radius 3 is 2.59 bits per heavy atom. The highest BCUT2D eigenvalue weighted by Gasteiger charge is 2.14. The number of esters is 1. The maximum atomic E-state index is 12.3. The van der Waals surface area contributed by atoms with E-state index in [2.05, 4.69) is 45.7 Å². The van der Waals surface area contributed by atoms with E-state index in [4.69, 9.17) is 9.47 Å². The average Bonchev–Trinajstić information content (AvgIpc) is 2.67. The first kappa shape index (κ1) is 19.9. The zero-order valence-electron chi connectivity index (χ0n) is 15.2. The lowest BCUT2D eigenvalue weighted by Gasteiger charge is -2.15. The van der Waals surface area contributed by atoms with E-state index in [1.54, 1.807) is 0 Å². The Morgan fingerprint density at radius 1 is 1.04 bits per heavy atom. The summed E-state index contributed by atoms with van der Waals surface area (Å²) in [6, 6.07) is 17.5. The minimum atomic E-state index is -0.423. The largest absolute Gasteiger partial charge is 0.481 e. The first-order chi connectivity index (χ1) is 13.0. The van der Waals surface area contributed by atoms with Gasteiger partial charge in [0.15, 0.2) is 6.61 Å². The Hall–Kier alpha value is -1.85. The molecule has 0 radical (unpaired) electrons. The molecule has 5 heteroatoms. The molecule has 0 fully saturated rings. The molecule has 0 saturated heterocycles. The van der Waals surface area contributed by atoms with Crippen LogP contribution in [0, 0.1) is 0 Å². The van der Waals surface area contributed by atoms with Crippen LogP contribution in [0.15, 0.2) is 63.5 Å². The van der Waals surface area contributed by atoms with Gasteiger partial charge < -0.3 is 9.47 Å². The van der Waals surface area contributed by atoms with Crippen molar-refractivity contribution in [1.29, 1.82) is 0 Å². The van der Waals surface area contributed by atoms with Gasteiger partial charge in [0.2, 0.25) is 0 Å². The SMILES string of the molecule is CCC(C)c1ccccc1OC(=O)COc1ccc2cc(Br)ccc2c1Br. The summed E-state index contributed by atoms with van der Waals surface area (Å²) in [5, 5.41) is 2.10. The van der Waals surface area contributed by atoms with Crippen LogP contribution in [0.1, 0.15) is 31.7 Å². The van der Waals surface area contributed by atoms with Crippen LogP contribution in [0.5, 0.6) is 11.5 Å². The van der Waals surface area contributed by atoms with Crippen LogP contribution in [0.2, 0.25) is 0 Å². The smallest absolute Gasteiger partial charge is 0.349 e. The fourth-order valence-electron chi connectivity index (χ4n) is 2.84. The molecule has 0 amide bonds. The second-order valence-corrected chi connectivity index (χ2v) is 8.06. The van der Waals surface area contributed by atoms with Gasteiger partial charge >= 0.3 is 5.97 Å². The number of para-hydroxylation sites is 1. The van der Waals surface area contributed by atoms with E-state index in [-0.39, 0.29) is 6.61 Å². The third-order valence-corrected chi connectivity index (χ3v) is 5.82. The zero-order chi connectivity index (χ0) is 19.4. The summed E-state index contributed by atoms with van der Waals surface area (Å²) in [5.74, 6) is 1.11. The molecule has 3 aromatic carbocycles. The van der Waals surface area contributed by atoms with Crippen molar-refractivity contribution in [3.05, 3.63) is 69.1 Å². The van der Waals surface area contributed by atoms with Gasteiger partial charge in [0.1, 0.15) is 11.5 Å². The molecule has 27 heavy (non-hydrogen) atoms. The van der Waals surface area contributed by atoms with E-state index in [0.29, 0.717) is 17.4 Å². The molecule has 1 atom stereocenters. The molecule has 0 saturated carbocycles. The summed E-state index contributed by atoms with van der Waals surface area (Å²) in [6.07, 6.45) is 0.977. The van der Waals surface area contributed by atoms with Crippen molar-refractivity contribution in [2.24, 2.45) is 0 Å². The molecule has 0 spiro atoms. The predicted octanol–water partition coefficient (Wildman–Crippen LogP) is 6.86. The van der Waals surface area contributed by atoms with Crippen LogP contribution >= 0.6 is 31.9 Å². The Labute approximate surface area is 175 Å². The van der Waals surface area contributed by atoms with E-state index in [1.807, 2.05) is 54.6 Å². The third kappa shape index (κ3) is 4.71. The normalized spacial score (nSPS) is 12.0. The second-order valence-electron chi connectivity index (χ2n) is 6.35. The summed E-state index contributed by atoms with van der Waals surface area (Å²) < 4.78 is 13.1. The lowest BCUT2D eigenvalue weighted by Crippen LogP contribution is -2.18. The summed E-state index contributed by atoms with van der Waals surface area (Å²) in [4.78, 5) is 12.3. The molecule has 0 aliphatic carbocycles. The quantitative estimate of drug-likeness (QED) is 0.279. The number of hydrogen-bond acceptors (Lipinski definition) is 3. The molecule has 140 valence electrons. The van der Waals surface area contributed by atoms with Crippen LogP contribution in [-0.4, -0.2) is 12.6 Å². The van der Waals surface area contributed by atoms with Crippen LogP contribution in [-0.2, 0) is 4.79 Å². The monoisotopic (exact) mass is 490 g/mol. The topological polar surface area (TPSA) is 35.5 Å². The fourth-order valence-corrected chi connectivity index (χ4v) is 3.83. The fraction of sp³-hybridized carbons (Fsp3) is 0.227. The standard InChI is InChI=1S/C22H20Br2O3/c1-3-14(2)17-6-4-5-7-19(17)27-21(25)13-26-20-11-8-15-12-16(23)9-10-18(15)22(20)24/h4-12,14H,3,13H2,1-2H3. The zero-order valence-corrected chi connectivity index (χ0v) is 18.3. The number of rotatable bonds is 6. The molecule has 0 aliphatic rings. The number of fused-ring (bicyclic) bond motifs is 1. The Kier molecular flexibility index (Phi) is 6.55. The minimum Gasteiger partial charge on any atom is -0.481 e. The number of hydrogen-bond donors (Lipinski definition) is 0. The minimum absolute atomic E-state index is 0.157. The van der Waals surface area contributed by atoms with Crippen LogP contribution in [0.3, 0.4) is 0 Å². The molecular weight excluding hydrogens is 472 g/mol. The van der Waals surface area contributed by atoms with Crippen molar-refractivity contribution in [2.75, 3.05) is 6.61 Å². The second kappa shape index (κ2) is 8.89. The summed E-state index contributed by atoms with van der Waals surface area (Å²) >= 11 is 7.04. The van der Waals surface area contributed by atoms with Gasteiger partial charge in [-0.25, -0.2) is 4.79 Å². The van der Waals surface area contributed by atoms with Gasteiger partial charge in [-0.2, -0.15) is 0 Å². The van der Waals surface area contributed by atoms with Gasteiger partial charge in [0, 0.05) is 4.47 Å². The Bertz CT molecular complexity index is 969. The van der Waals surface area contributed by atoms with Crippen molar-refractivity contribution in [3.63, 3.8) is 0 Å². The number of benzene rings is 3. The number of carbonyl (C=O) groups is 1. The van der Waals surface area contributed by atoms with Gasteiger partial charge in [-0.1, -0.05) is 60.1 Å². The highest BCUT2D eigenvalue weighted by Crippen LogP contribution is 2.34. The van der Waals surface area contributed by atoms with Crippen molar-refractivity contribution in [2.45, 2.75) is 26.2 Å². The maximum absolute atomic E-state index is 12.3. The van der Waals surface area contributed by atoms with Crippen molar-refractivity contribution >= 4 is 48.6 Å². The number of ether oxygens (including phenoxy) is 2. The number of carbonyl (C=O) groups excluding carboxylic acids is 1. The first-order valence-corrected chi connectivity index (χ1v) is 10.4. The van der Waals surface area contributed by atoms with Crippen molar-refractivity contribution < 1.29 is 14.3 Å². The maximum Gasteiger partial charge on any atom is 0.349 e. The molecule has 0 N–H and O–H groups in total. The van der Waals surface area contributed by atoms with Crippen LogP contribution in [0.4, 0.5) is 0 Å². The predicted molar refractivity (Wildman–Crippen MR) is 116 cm³/mol. The van der Waals surface area contributed by atoms with Gasteiger partial charge in [-0.3, -0.25) is 0 Å².